The summed E-state index contributed by atoms with van der Waals surface area (Å²) in [7, 11) is 0. The molecule has 0 saturated heterocycles. The van der Waals surface area contributed by atoms with Crippen molar-refractivity contribution in [3.05, 3.63) is 0 Å². The highest BCUT2D eigenvalue weighted by molar-refractivity contribution is 5.74. The van der Waals surface area contributed by atoms with Crippen molar-refractivity contribution in [2.45, 2.75) is 53.0 Å². The van der Waals surface area contributed by atoms with Gasteiger partial charge in [-0.15, -0.1) is 0 Å². The van der Waals surface area contributed by atoms with Crippen molar-refractivity contribution in [1.29, 1.82) is 0 Å². The number of nitrogens with zero attached hydrogens (tertiary/aromatic N) is 1. The van der Waals surface area contributed by atoms with E-state index in [0.29, 0.717) is 18.5 Å². The van der Waals surface area contributed by atoms with Gasteiger partial charge in [0.05, 0.1) is 6.61 Å². The van der Waals surface area contributed by atoms with E-state index < -0.39 is 0 Å². The SMILES string of the molecule is CCN(CCO)C(=O)N[C@H]1C[C@H]2CC[C@@]1(C)C2(C)C. The van der Waals surface area contributed by atoms with E-state index >= 15 is 0 Å². The van der Waals surface area contributed by atoms with Gasteiger partial charge in [0, 0.05) is 19.1 Å². The Morgan fingerprint density at radius 2 is 2.11 bits per heavy atom. The molecule has 110 valence electrons. The average molecular weight is 268 g/mol. The molecule has 2 rings (SSSR count). The lowest BCUT2D eigenvalue weighted by Crippen LogP contribution is -2.51. The first-order valence-corrected chi connectivity index (χ1v) is 7.53. The topological polar surface area (TPSA) is 52.6 Å². The fraction of sp³-hybridized carbons (Fsp3) is 0.933. The fourth-order valence-electron chi connectivity index (χ4n) is 4.19. The van der Waals surface area contributed by atoms with Crippen LogP contribution in [0.2, 0.25) is 0 Å². The minimum absolute atomic E-state index is 0.0221. The van der Waals surface area contributed by atoms with Crippen LogP contribution in [0.4, 0.5) is 4.79 Å². The van der Waals surface area contributed by atoms with Gasteiger partial charge in [-0.2, -0.15) is 0 Å². The zero-order chi connectivity index (χ0) is 14.3. The molecule has 19 heavy (non-hydrogen) atoms. The number of amides is 2. The first kappa shape index (κ1) is 14.6. The summed E-state index contributed by atoms with van der Waals surface area (Å²) in [6, 6.07) is 0.257. The first-order valence-electron chi connectivity index (χ1n) is 7.53. The van der Waals surface area contributed by atoms with Crippen LogP contribution in [-0.4, -0.2) is 41.8 Å². The second-order valence-corrected chi connectivity index (χ2v) is 6.92. The van der Waals surface area contributed by atoms with Gasteiger partial charge in [-0.05, 0) is 42.9 Å². The number of rotatable bonds is 4. The molecule has 4 heteroatoms. The van der Waals surface area contributed by atoms with E-state index in [2.05, 4.69) is 26.1 Å². The smallest absolute Gasteiger partial charge is 0.317 e. The normalized spacial score (nSPS) is 35.4. The molecule has 0 spiro atoms. The van der Waals surface area contributed by atoms with Gasteiger partial charge >= 0.3 is 6.03 Å². The predicted octanol–water partition coefficient (Wildman–Crippen LogP) is 2.22. The Bertz CT molecular complexity index is 356. The summed E-state index contributed by atoms with van der Waals surface area (Å²) in [5, 5.41) is 12.2. The van der Waals surface area contributed by atoms with E-state index in [-0.39, 0.29) is 24.1 Å². The Hall–Kier alpha value is -0.770. The van der Waals surface area contributed by atoms with Crippen molar-refractivity contribution < 1.29 is 9.90 Å². The van der Waals surface area contributed by atoms with Crippen LogP contribution in [0.3, 0.4) is 0 Å². The molecule has 0 aromatic heterocycles. The third kappa shape index (κ3) is 2.14. The molecule has 0 heterocycles. The molecule has 3 atom stereocenters. The van der Waals surface area contributed by atoms with E-state index in [1.54, 1.807) is 4.90 Å². The highest BCUT2D eigenvalue weighted by atomic mass is 16.3. The summed E-state index contributed by atoms with van der Waals surface area (Å²) in [6.07, 6.45) is 3.61. The van der Waals surface area contributed by atoms with Gasteiger partial charge in [0.1, 0.15) is 0 Å². The largest absolute Gasteiger partial charge is 0.395 e. The Morgan fingerprint density at radius 3 is 2.53 bits per heavy atom. The summed E-state index contributed by atoms with van der Waals surface area (Å²) >= 11 is 0. The second-order valence-electron chi connectivity index (χ2n) is 6.92. The summed E-state index contributed by atoms with van der Waals surface area (Å²) in [5.74, 6) is 0.732. The molecule has 0 radical (unpaired) electrons. The van der Waals surface area contributed by atoms with Crippen molar-refractivity contribution in [2.24, 2.45) is 16.7 Å². The van der Waals surface area contributed by atoms with Crippen LogP contribution in [0.1, 0.15) is 47.0 Å². The van der Waals surface area contributed by atoms with Crippen LogP contribution in [0, 0.1) is 16.7 Å². The van der Waals surface area contributed by atoms with E-state index in [9.17, 15) is 4.79 Å². The van der Waals surface area contributed by atoms with E-state index in [1.807, 2.05) is 6.92 Å². The number of nitrogens with one attached hydrogen (secondary N) is 1. The van der Waals surface area contributed by atoms with Gasteiger partial charge in [-0.3, -0.25) is 0 Å². The van der Waals surface area contributed by atoms with Gasteiger partial charge in [0.2, 0.25) is 0 Å². The van der Waals surface area contributed by atoms with E-state index in [4.69, 9.17) is 5.11 Å². The maximum Gasteiger partial charge on any atom is 0.317 e. The van der Waals surface area contributed by atoms with Crippen LogP contribution >= 0.6 is 0 Å². The predicted molar refractivity (Wildman–Crippen MR) is 75.9 cm³/mol. The second kappa shape index (κ2) is 4.97. The Kier molecular flexibility index (Phi) is 3.83. The molecule has 0 aromatic rings. The van der Waals surface area contributed by atoms with Gasteiger partial charge in [0.15, 0.2) is 0 Å². The number of aliphatic hydroxyl groups excluding tert-OH is 1. The number of hydrogen-bond donors (Lipinski definition) is 2. The molecule has 2 fully saturated rings. The fourth-order valence-corrected chi connectivity index (χ4v) is 4.19. The molecule has 2 N–H and O–H groups in total. The monoisotopic (exact) mass is 268 g/mol. The Morgan fingerprint density at radius 1 is 1.42 bits per heavy atom. The molecule has 2 bridgehead atoms. The third-order valence-electron chi connectivity index (χ3n) is 6.13. The Balaban J connectivity index is 2.03. The van der Waals surface area contributed by atoms with Gasteiger partial charge < -0.3 is 15.3 Å². The maximum atomic E-state index is 12.3. The summed E-state index contributed by atoms with van der Waals surface area (Å²) < 4.78 is 0. The standard InChI is InChI=1S/C15H28N2O2/c1-5-17(8-9-18)13(19)16-12-10-11-6-7-15(12,4)14(11,2)3/h11-12,18H,5-10H2,1-4H3,(H,16,19)/t11-,12+,15-/m1/s1. The highest BCUT2D eigenvalue weighted by Gasteiger charge is 2.61. The molecular weight excluding hydrogens is 240 g/mol. The lowest BCUT2D eigenvalue weighted by molar-refractivity contribution is 0.116. The first-order chi connectivity index (χ1) is 8.86. The van der Waals surface area contributed by atoms with E-state index in [0.717, 1.165) is 12.3 Å². The maximum absolute atomic E-state index is 12.3. The van der Waals surface area contributed by atoms with Crippen molar-refractivity contribution >= 4 is 6.03 Å². The summed E-state index contributed by atoms with van der Waals surface area (Å²) in [6.45, 7) is 10.1. The number of hydrogen-bond acceptors (Lipinski definition) is 2. The molecule has 0 aliphatic heterocycles. The number of carbonyl (C=O) groups is 1. The van der Waals surface area contributed by atoms with Crippen molar-refractivity contribution in [3.8, 4) is 0 Å². The zero-order valence-corrected chi connectivity index (χ0v) is 12.7. The molecule has 2 aliphatic rings. The van der Waals surface area contributed by atoms with Crippen LogP contribution in [-0.2, 0) is 0 Å². The highest BCUT2D eigenvalue weighted by Crippen LogP contribution is 2.65. The number of urea groups is 1. The van der Waals surface area contributed by atoms with E-state index in [1.165, 1.54) is 12.8 Å². The number of aliphatic hydroxyl groups is 1. The van der Waals surface area contributed by atoms with Crippen molar-refractivity contribution in [2.75, 3.05) is 19.7 Å². The summed E-state index contributed by atoms with van der Waals surface area (Å²) in [5.41, 5.74) is 0.533. The molecule has 0 aromatic carbocycles. The minimum Gasteiger partial charge on any atom is -0.395 e. The number of carbonyl (C=O) groups excluding carboxylic acids is 1. The number of fused-ring (bicyclic) bond motifs is 2. The van der Waals surface area contributed by atoms with Crippen molar-refractivity contribution in [1.82, 2.24) is 10.2 Å². The molecule has 2 saturated carbocycles. The minimum atomic E-state index is -0.0221. The van der Waals surface area contributed by atoms with Gasteiger partial charge in [-0.1, -0.05) is 20.8 Å². The number of likely N-dealkylation sites (N-methyl/N-ethyl adjacent to an activating group) is 1. The van der Waals surface area contributed by atoms with Crippen LogP contribution in [0.25, 0.3) is 0 Å². The van der Waals surface area contributed by atoms with Crippen LogP contribution < -0.4 is 5.32 Å². The summed E-state index contributed by atoms with van der Waals surface area (Å²) in [4.78, 5) is 13.9. The third-order valence-corrected chi connectivity index (χ3v) is 6.13. The molecule has 2 aliphatic carbocycles. The van der Waals surface area contributed by atoms with Gasteiger partial charge in [0.25, 0.3) is 0 Å². The quantitative estimate of drug-likeness (QED) is 0.821. The van der Waals surface area contributed by atoms with Crippen molar-refractivity contribution in [3.63, 3.8) is 0 Å². The Labute approximate surface area is 116 Å². The molecule has 4 nitrogen and oxygen atoms in total. The molecular formula is C15H28N2O2. The van der Waals surface area contributed by atoms with Crippen LogP contribution in [0.15, 0.2) is 0 Å². The average Bonchev–Trinajstić information content (AvgIpc) is 2.68. The zero-order valence-electron chi connectivity index (χ0n) is 12.7. The molecule has 0 unspecified atom stereocenters. The van der Waals surface area contributed by atoms with Gasteiger partial charge in [-0.25, -0.2) is 4.79 Å². The van der Waals surface area contributed by atoms with Crippen LogP contribution in [0.5, 0.6) is 0 Å². The lowest BCUT2D eigenvalue weighted by Gasteiger charge is -2.40. The lowest BCUT2D eigenvalue weighted by atomic mass is 9.69. The molecule has 2 amide bonds.